The Labute approximate surface area is 159 Å². The minimum absolute atomic E-state index is 0.0402. The first-order valence-corrected chi connectivity index (χ1v) is 8.41. The number of ether oxygens (including phenoxy) is 1. The average molecular weight is 388 g/mol. The van der Waals surface area contributed by atoms with Crippen molar-refractivity contribution in [3.63, 3.8) is 0 Å². The van der Waals surface area contributed by atoms with E-state index >= 15 is 0 Å². The Kier molecular flexibility index (Phi) is 7.02. The van der Waals surface area contributed by atoms with Gasteiger partial charge in [-0.25, -0.2) is 4.79 Å². The SMILES string of the molecule is COc1ccc2[nH]cc(C[C@H](O)C(=O)N[C@@H](CCC(=O)C=[N+]=[N-])C(=O)O)c2c1. The van der Waals surface area contributed by atoms with Crippen molar-refractivity contribution in [1.82, 2.24) is 10.3 Å². The number of aliphatic carboxylic acids is 1. The maximum absolute atomic E-state index is 12.2. The van der Waals surface area contributed by atoms with E-state index < -0.39 is 29.8 Å². The number of aromatic amines is 1. The molecule has 0 radical (unpaired) electrons. The van der Waals surface area contributed by atoms with Gasteiger partial charge < -0.3 is 30.8 Å². The first kappa shape index (κ1) is 20.8. The summed E-state index contributed by atoms with van der Waals surface area (Å²) in [5, 5.41) is 22.4. The van der Waals surface area contributed by atoms with E-state index in [9.17, 15) is 24.6 Å². The molecule has 148 valence electrons. The molecule has 0 fully saturated rings. The molecule has 0 aliphatic heterocycles. The topological polar surface area (TPSA) is 165 Å². The van der Waals surface area contributed by atoms with Crippen LogP contribution in [-0.2, 0) is 20.8 Å². The van der Waals surface area contributed by atoms with Gasteiger partial charge in [0.05, 0.1) is 7.11 Å². The smallest absolute Gasteiger partial charge is 0.326 e. The number of carboxylic acids is 1. The minimum Gasteiger partial charge on any atom is -0.497 e. The Morgan fingerprint density at radius 2 is 2.14 bits per heavy atom. The molecular weight excluding hydrogens is 368 g/mol. The number of fused-ring (bicyclic) bond motifs is 1. The number of aromatic nitrogens is 1. The van der Waals surface area contributed by atoms with Crippen LogP contribution < -0.4 is 10.1 Å². The van der Waals surface area contributed by atoms with E-state index in [1.54, 1.807) is 24.4 Å². The molecule has 4 N–H and O–H groups in total. The maximum atomic E-state index is 12.2. The molecule has 10 nitrogen and oxygen atoms in total. The standard InChI is InChI=1S/C18H20N4O6/c1-28-12-3-5-14-13(7-12)10(8-20-14)6-16(24)17(25)22-15(18(26)27)4-2-11(23)9-21-19/h3,5,7-9,15-16,20,24H,2,4,6H2,1H3,(H,22,25)(H,26,27)/t15-,16-/m0/s1. The number of aliphatic hydroxyl groups is 1. The molecular formula is C18H20N4O6. The van der Waals surface area contributed by atoms with E-state index in [0.29, 0.717) is 17.5 Å². The van der Waals surface area contributed by atoms with Crippen molar-refractivity contribution in [3.05, 3.63) is 35.5 Å². The Bertz CT molecular complexity index is 931. The number of nitrogens with one attached hydrogen (secondary N) is 2. The van der Waals surface area contributed by atoms with E-state index in [-0.39, 0.29) is 19.3 Å². The van der Waals surface area contributed by atoms with Gasteiger partial charge >= 0.3 is 12.2 Å². The van der Waals surface area contributed by atoms with Crippen molar-refractivity contribution in [1.29, 1.82) is 0 Å². The lowest BCUT2D eigenvalue weighted by Crippen LogP contribution is -2.46. The van der Waals surface area contributed by atoms with Crippen LogP contribution in [0.3, 0.4) is 0 Å². The molecule has 0 aliphatic rings. The molecule has 2 rings (SSSR count). The first-order chi connectivity index (χ1) is 13.3. The van der Waals surface area contributed by atoms with E-state index in [0.717, 1.165) is 10.9 Å². The Balaban J connectivity index is 2.03. The van der Waals surface area contributed by atoms with E-state index in [2.05, 4.69) is 15.1 Å². The fourth-order valence-corrected chi connectivity index (χ4v) is 2.70. The third-order valence-corrected chi connectivity index (χ3v) is 4.19. The Morgan fingerprint density at radius 1 is 1.39 bits per heavy atom. The van der Waals surface area contributed by atoms with Crippen LogP contribution in [0.15, 0.2) is 24.4 Å². The summed E-state index contributed by atoms with van der Waals surface area (Å²) in [5.74, 6) is -2.18. The number of hydrogen-bond donors (Lipinski definition) is 4. The number of carbonyl (C=O) groups is 3. The van der Waals surface area contributed by atoms with Gasteiger partial charge in [-0.15, -0.1) is 0 Å². The molecule has 1 heterocycles. The van der Waals surface area contributed by atoms with Crippen molar-refractivity contribution >= 4 is 34.8 Å². The molecule has 0 saturated carbocycles. The number of benzene rings is 1. The summed E-state index contributed by atoms with van der Waals surface area (Å²) in [6, 6.07) is 3.98. The monoisotopic (exact) mass is 388 g/mol. The molecule has 0 saturated heterocycles. The zero-order valence-electron chi connectivity index (χ0n) is 15.1. The van der Waals surface area contributed by atoms with Crippen LogP contribution in [0.4, 0.5) is 0 Å². The van der Waals surface area contributed by atoms with Crippen LogP contribution in [0.5, 0.6) is 5.75 Å². The molecule has 0 unspecified atom stereocenters. The highest BCUT2D eigenvalue weighted by atomic mass is 16.5. The summed E-state index contributed by atoms with van der Waals surface area (Å²) in [6.07, 6.45) is 0.342. The molecule has 2 aromatic rings. The fraction of sp³-hybridized carbons (Fsp3) is 0.333. The largest absolute Gasteiger partial charge is 0.497 e. The second-order valence-electron chi connectivity index (χ2n) is 6.09. The van der Waals surface area contributed by atoms with Crippen LogP contribution in [0.2, 0.25) is 0 Å². The fourth-order valence-electron chi connectivity index (χ4n) is 2.70. The minimum atomic E-state index is -1.48. The van der Waals surface area contributed by atoms with E-state index in [4.69, 9.17) is 10.3 Å². The molecule has 0 spiro atoms. The van der Waals surface area contributed by atoms with Gasteiger partial charge in [0.2, 0.25) is 11.7 Å². The summed E-state index contributed by atoms with van der Waals surface area (Å²) in [6.45, 7) is 0. The lowest BCUT2D eigenvalue weighted by Gasteiger charge is -2.16. The van der Waals surface area contributed by atoms with E-state index in [1.807, 2.05) is 0 Å². The molecule has 10 heteroatoms. The highest BCUT2D eigenvalue weighted by Gasteiger charge is 2.25. The van der Waals surface area contributed by atoms with Gasteiger partial charge in [0.25, 0.3) is 0 Å². The van der Waals surface area contributed by atoms with Gasteiger partial charge in [0.15, 0.2) is 0 Å². The summed E-state index contributed by atoms with van der Waals surface area (Å²) in [7, 11) is 1.53. The average Bonchev–Trinajstić information content (AvgIpc) is 3.06. The maximum Gasteiger partial charge on any atom is 0.326 e. The third-order valence-electron chi connectivity index (χ3n) is 4.19. The second-order valence-corrected chi connectivity index (χ2v) is 6.09. The van der Waals surface area contributed by atoms with Crippen LogP contribution in [0.25, 0.3) is 16.4 Å². The van der Waals surface area contributed by atoms with Crippen LogP contribution in [-0.4, -0.2) is 63.1 Å². The molecule has 1 amide bonds. The molecule has 28 heavy (non-hydrogen) atoms. The molecule has 2 atom stereocenters. The number of H-pyrrole nitrogens is 1. The quantitative estimate of drug-likeness (QED) is 0.259. The molecule has 0 aliphatic carbocycles. The van der Waals surface area contributed by atoms with Gasteiger partial charge in [-0.2, -0.15) is 4.79 Å². The molecule has 1 aromatic heterocycles. The first-order valence-electron chi connectivity index (χ1n) is 8.41. The summed E-state index contributed by atoms with van der Waals surface area (Å²) in [4.78, 5) is 40.4. The lowest BCUT2D eigenvalue weighted by molar-refractivity contribution is -0.143. The van der Waals surface area contributed by atoms with Gasteiger partial charge in [-0.3, -0.25) is 9.59 Å². The molecule has 1 aromatic carbocycles. The van der Waals surface area contributed by atoms with Gasteiger partial charge in [-0.1, -0.05) is 0 Å². The summed E-state index contributed by atoms with van der Waals surface area (Å²) >= 11 is 0. The number of carbonyl (C=O) groups excluding carboxylic acids is 2. The summed E-state index contributed by atoms with van der Waals surface area (Å²) < 4.78 is 5.17. The number of amides is 1. The van der Waals surface area contributed by atoms with E-state index in [1.165, 1.54) is 7.11 Å². The van der Waals surface area contributed by atoms with Crippen molar-refractivity contribution in [2.45, 2.75) is 31.4 Å². The molecule has 0 bridgehead atoms. The van der Waals surface area contributed by atoms with Crippen LogP contribution in [0, 0.1) is 0 Å². The number of hydrogen-bond acceptors (Lipinski definition) is 5. The van der Waals surface area contributed by atoms with Gasteiger partial charge in [0, 0.05) is 29.9 Å². The number of Topliss-reactive ketones (excluding diaryl/α,β-unsaturated/α-hetero) is 1. The van der Waals surface area contributed by atoms with Crippen LogP contribution in [0.1, 0.15) is 18.4 Å². The number of rotatable bonds is 10. The normalized spacial score (nSPS) is 12.6. The number of nitrogens with zero attached hydrogens (tertiary/aromatic N) is 2. The number of carboxylic acid groups (broad SMARTS) is 1. The van der Waals surface area contributed by atoms with Crippen LogP contribution >= 0.6 is 0 Å². The predicted octanol–water partition coefficient (Wildman–Crippen LogP) is 0.299. The number of ketones is 1. The zero-order chi connectivity index (χ0) is 20.7. The zero-order valence-corrected chi connectivity index (χ0v) is 15.1. The number of methoxy groups -OCH3 is 1. The second kappa shape index (κ2) is 9.45. The van der Waals surface area contributed by atoms with Crippen molar-refractivity contribution < 1.29 is 34.1 Å². The highest BCUT2D eigenvalue weighted by molar-refractivity contribution is 6.25. The van der Waals surface area contributed by atoms with Crippen molar-refractivity contribution in [3.8, 4) is 5.75 Å². The van der Waals surface area contributed by atoms with Gasteiger partial charge in [0.1, 0.15) is 17.9 Å². The Morgan fingerprint density at radius 3 is 2.79 bits per heavy atom. The summed E-state index contributed by atoms with van der Waals surface area (Å²) in [5.41, 5.74) is 9.75. The lowest BCUT2D eigenvalue weighted by atomic mass is 10.0. The highest BCUT2D eigenvalue weighted by Crippen LogP contribution is 2.24. The third kappa shape index (κ3) is 5.26. The predicted molar refractivity (Wildman–Crippen MR) is 98.1 cm³/mol. The Hall–Kier alpha value is -3.49. The number of aliphatic hydroxyl groups excluding tert-OH is 1. The van der Waals surface area contributed by atoms with Crippen molar-refractivity contribution in [2.24, 2.45) is 0 Å². The van der Waals surface area contributed by atoms with Crippen molar-refractivity contribution in [2.75, 3.05) is 7.11 Å². The van der Waals surface area contributed by atoms with Gasteiger partial charge in [-0.05, 0) is 30.2 Å².